The number of rotatable bonds is 6. The Morgan fingerprint density at radius 1 is 0.967 bits per heavy atom. The Morgan fingerprint density at radius 3 is 2.70 bits per heavy atom. The summed E-state index contributed by atoms with van der Waals surface area (Å²) in [6.07, 6.45) is 5.58. The molecule has 0 fully saturated rings. The molecule has 3 aromatic heterocycles. The lowest BCUT2D eigenvalue weighted by Gasteiger charge is -2.11. The van der Waals surface area contributed by atoms with Gasteiger partial charge in [-0.15, -0.1) is 0 Å². The van der Waals surface area contributed by atoms with Crippen LogP contribution in [-0.2, 0) is 6.42 Å². The summed E-state index contributed by atoms with van der Waals surface area (Å²) in [5.74, 6) is 0. The molecule has 0 aliphatic heterocycles. The molecule has 5 aromatic rings. The molecule has 0 amide bonds. The number of hydrogen-bond donors (Lipinski definition) is 2. The first kappa shape index (κ1) is 18.1. The van der Waals surface area contributed by atoms with Crippen molar-refractivity contribution in [3.8, 4) is 11.1 Å². The number of para-hydroxylation sites is 1. The molecule has 0 atom stereocenters. The molecule has 0 spiro atoms. The summed E-state index contributed by atoms with van der Waals surface area (Å²) in [5, 5.41) is 11.4. The first-order valence-electron chi connectivity index (χ1n) is 10.0. The standard InChI is InChI=1S/C24H21N5O/c30-24-28-27-23-22(15-19(16-29(23)24)17-7-2-1-3-8-17)25-13-6-9-18-12-14-26-21-11-5-4-10-20(18)21/h1-5,7-8,10-12,14-16,25H,6,9,13H2,(H,28,30). The fourth-order valence-electron chi connectivity index (χ4n) is 3.80. The van der Waals surface area contributed by atoms with E-state index in [1.165, 1.54) is 10.9 Å². The maximum atomic E-state index is 12.2. The summed E-state index contributed by atoms with van der Waals surface area (Å²) in [7, 11) is 0. The Kier molecular flexibility index (Phi) is 4.73. The lowest BCUT2D eigenvalue weighted by Crippen LogP contribution is -2.11. The second-order valence-corrected chi connectivity index (χ2v) is 7.25. The highest BCUT2D eigenvalue weighted by Gasteiger charge is 2.10. The van der Waals surface area contributed by atoms with Gasteiger partial charge in [0.2, 0.25) is 0 Å². The zero-order chi connectivity index (χ0) is 20.3. The number of aromatic nitrogens is 4. The van der Waals surface area contributed by atoms with Gasteiger partial charge in [0, 0.05) is 29.9 Å². The molecular formula is C24H21N5O. The first-order chi connectivity index (χ1) is 14.8. The summed E-state index contributed by atoms with van der Waals surface area (Å²) in [6, 6.07) is 22.4. The molecule has 0 saturated heterocycles. The number of anilines is 1. The maximum Gasteiger partial charge on any atom is 0.347 e. The van der Waals surface area contributed by atoms with Gasteiger partial charge in [-0.1, -0.05) is 48.5 Å². The molecule has 0 bridgehead atoms. The molecule has 6 heteroatoms. The average molecular weight is 395 g/mol. The Bertz CT molecular complexity index is 1370. The normalized spacial score (nSPS) is 11.2. The number of nitrogens with one attached hydrogen (secondary N) is 2. The van der Waals surface area contributed by atoms with Crippen LogP contribution in [0.5, 0.6) is 0 Å². The average Bonchev–Trinajstić information content (AvgIpc) is 3.18. The van der Waals surface area contributed by atoms with E-state index in [-0.39, 0.29) is 5.69 Å². The monoisotopic (exact) mass is 395 g/mol. The van der Waals surface area contributed by atoms with Crippen LogP contribution in [0.15, 0.2) is 83.9 Å². The van der Waals surface area contributed by atoms with Gasteiger partial charge in [0.1, 0.15) is 0 Å². The third kappa shape index (κ3) is 3.43. The quantitative estimate of drug-likeness (QED) is 0.421. The smallest absolute Gasteiger partial charge is 0.347 e. The summed E-state index contributed by atoms with van der Waals surface area (Å²) in [5.41, 5.74) is 5.54. The van der Waals surface area contributed by atoms with E-state index in [0.717, 1.165) is 41.7 Å². The minimum atomic E-state index is -0.242. The third-order valence-corrected chi connectivity index (χ3v) is 5.30. The van der Waals surface area contributed by atoms with E-state index in [4.69, 9.17) is 0 Å². The Labute approximate surface area is 173 Å². The van der Waals surface area contributed by atoms with Crippen LogP contribution in [0.4, 0.5) is 5.69 Å². The number of fused-ring (bicyclic) bond motifs is 2. The van der Waals surface area contributed by atoms with Crippen LogP contribution in [0.3, 0.4) is 0 Å². The fourth-order valence-corrected chi connectivity index (χ4v) is 3.80. The van der Waals surface area contributed by atoms with Crippen molar-refractivity contribution in [3.63, 3.8) is 0 Å². The molecule has 0 aliphatic carbocycles. The number of H-pyrrole nitrogens is 1. The number of pyridine rings is 2. The molecular weight excluding hydrogens is 374 g/mol. The van der Waals surface area contributed by atoms with Crippen molar-refractivity contribution in [2.45, 2.75) is 12.8 Å². The van der Waals surface area contributed by atoms with Gasteiger partial charge in [0.25, 0.3) is 0 Å². The van der Waals surface area contributed by atoms with E-state index in [9.17, 15) is 4.79 Å². The minimum absolute atomic E-state index is 0.242. The van der Waals surface area contributed by atoms with Crippen molar-refractivity contribution in [1.29, 1.82) is 0 Å². The summed E-state index contributed by atoms with van der Waals surface area (Å²) >= 11 is 0. The van der Waals surface area contributed by atoms with Gasteiger partial charge < -0.3 is 5.32 Å². The third-order valence-electron chi connectivity index (χ3n) is 5.30. The van der Waals surface area contributed by atoms with E-state index >= 15 is 0 Å². The van der Waals surface area contributed by atoms with Crippen molar-refractivity contribution < 1.29 is 0 Å². The second-order valence-electron chi connectivity index (χ2n) is 7.25. The Hall–Kier alpha value is -3.93. The number of nitrogens with zero attached hydrogens (tertiary/aromatic N) is 3. The molecule has 6 nitrogen and oxygen atoms in total. The molecule has 0 aliphatic rings. The minimum Gasteiger partial charge on any atom is -0.382 e. The maximum absolute atomic E-state index is 12.2. The number of hydrogen-bond acceptors (Lipinski definition) is 4. The van der Waals surface area contributed by atoms with E-state index in [2.05, 4.69) is 32.6 Å². The van der Waals surface area contributed by atoms with Crippen LogP contribution < -0.4 is 11.0 Å². The first-order valence-corrected chi connectivity index (χ1v) is 10.0. The SMILES string of the molecule is O=c1[nH]nc2c(NCCCc3ccnc4ccccc34)cc(-c3ccccc3)cn12. The van der Waals surface area contributed by atoms with Crippen LogP contribution in [0.2, 0.25) is 0 Å². The Morgan fingerprint density at radius 2 is 1.80 bits per heavy atom. The molecule has 0 saturated carbocycles. The van der Waals surface area contributed by atoms with Gasteiger partial charge in [-0.3, -0.25) is 4.98 Å². The van der Waals surface area contributed by atoms with Crippen molar-refractivity contribution in [2.75, 3.05) is 11.9 Å². The zero-order valence-electron chi connectivity index (χ0n) is 16.4. The molecule has 2 N–H and O–H groups in total. The topological polar surface area (TPSA) is 75.1 Å². The van der Waals surface area contributed by atoms with Crippen LogP contribution in [-0.4, -0.2) is 26.1 Å². The lowest BCUT2D eigenvalue weighted by atomic mass is 10.0. The largest absolute Gasteiger partial charge is 0.382 e. The van der Waals surface area contributed by atoms with Crippen molar-refractivity contribution in [3.05, 3.63) is 95.2 Å². The number of aryl methyl sites for hydroxylation is 1. The van der Waals surface area contributed by atoms with Crippen LogP contribution in [0.25, 0.3) is 27.7 Å². The second kappa shape index (κ2) is 7.83. The van der Waals surface area contributed by atoms with Crippen molar-refractivity contribution in [1.82, 2.24) is 19.6 Å². The van der Waals surface area contributed by atoms with Gasteiger partial charge in [0.15, 0.2) is 5.65 Å². The van der Waals surface area contributed by atoms with E-state index in [0.29, 0.717) is 5.65 Å². The van der Waals surface area contributed by atoms with E-state index in [1.807, 2.05) is 67.0 Å². The molecule has 5 rings (SSSR count). The van der Waals surface area contributed by atoms with Crippen LogP contribution >= 0.6 is 0 Å². The Balaban J connectivity index is 1.37. The lowest BCUT2D eigenvalue weighted by molar-refractivity contribution is 0.867. The molecule has 3 heterocycles. The highest BCUT2D eigenvalue weighted by atomic mass is 16.1. The molecule has 0 unspecified atom stereocenters. The zero-order valence-corrected chi connectivity index (χ0v) is 16.4. The molecule has 2 aromatic carbocycles. The highest BCUT2D eigenvalue weighted by Crippen LogP contribution is 2.25. The predicted molar refractivity (Wildman–Crippen MR) is 120 cm³/mol. The van der Waals surface area contributed by atoms with Gasteiger partial charge in [0.05, 0.1) is 11.2 Å². The highest BCUT2D eigenvalue weighted by molar-refractivity contribution is 5.81. The van der Waals surface area contributed by atoms with Gasteiger partial charge in [-0.05, 0) is 42.2 Å². The summed E-state index contributed by atoms with van der Waals surface area (Å²) < 4.78 is 1.56. The summed E-state index contributed by atoms with van der Waals surface area (Å²) in [6.45, 7) is 0.769. The number of benzene rings is 2. The van der Waals surface area contributed by atoms with Gasteiger partial charge >= 0.3 is 5.69 Å². The van der Waals surface area contributed by atoms with E-state index < -0.39 is 0 Å². The van der Waals surface area contributed by atoms with Crippen molar-refractivity contribution in [2.24, 2.45) is 0 Å². The van der Waals surface area contributed by atoms with Crippen molar-refractivity contribution >= 4 is 22.2 Å². The fraction of sp³-hybridized carbons (Fsp3) is 0.125. The van der Waals surface area contributed by atoms with Crippen LogP contribution in [0, 0.1) is 0 Å². The summed E-state index contributed by atoms with van der Waals surface area (Å²) in [4.78, 5) is 16.6. The molecule has 30 heavy (non-hydrogen) atoms. The molecule has 0 radical (unpaired) electrons. The predicted octanol–water partition coefficient (Wildman–Crippen LogP) is 4.28. The van der Waals surface area contributed by atoms with Gasteiger partial charge in [-0.2, -0.15) is 5.10 Å². The van der Waals surface area contributed by atoms with E-state index in [1.54, 1.807) is 4.40 Å². The van der Waals surface area contributed by atoms with Crippen LogP contribution in [0.1, 0.15) is 12.0 Å². The van der Waals surface area contributed by atoms with Gasteiger partial charge in [-0.25, -0.2) is 14.3 Å². The molecule has 148 valence electrons. The number of aromatic amines is 1.